The van der Waals surface area contributed by atoms with Crippen molar-refractivity contribution in [1.29, 1.82) is 0 Å². The second kappa shape index (κ2) is 6.10. The molecular formula is C14H15FO3. The first-order chi connectivity index (χ1) is 8.45. The Morgan fingerprint density at radius 3 is 2.22 bits per heavy atom. The van der Waals surface area contributed by atoms with Gasteiger partial charge in [0, 0.05) is 5.56 Å². The number of halogens is 1. The summed E-state index contributed by atoms with van der Waals surface area (Å²) in [6.07, 6.45) is 1.54. The standard InChI is InChI=1S/C14H15FO3/c1-9(2)8-12(14(17)18-3)13(16)10-4-6-11(15)7-5-10/h4-9H,1-3H3/b12-8+. The number of Topliss-reactive ketones (excluding diaryl/α,β-unsaturated/α-hetero) is 1. The molecule has 1 rings (SSSR count). The largest absolute Gasteiger partial charge is 0.465 e. The molecule has 0 radical (unpaired) electrons. The molecule has 0 bridgehead atoms. The number of esters is 1. The van der Waals surface area contributed by atoms with Crippen LogP contribution in [0.25, 0.3) is 0 Å². The first kappa shape index (κ1) is 14.1. The van der Waals surface area contributed by atoms with Crippen molar-refractivity contribution >= 4 is 11.8 Å². The van der Waals surface area contributed by atoms with Gasteiger partial charge in [0.05, 0.1) is 7.11 Å². The van der Waals surface area contributed by atoms with Crippen LogP contribution in [0.2, 0.25) is 0 Å². The zero-order valence-corrected chi connectivity index (χ0v) is 10.6. The van der Waals surface area contributed by atoms with Gasteiger partial charge in [0.1, 0.15) is 11.4 Å². The Morgan fingerprint density at radius 1 is 1.22 bits per heavy atom. The molecule has 1 aromatic carbocycles. The van der Waals surface area contributed by atoms with E-state index in [-0.39, 0.29) is 17.1 Å². The van der Waals surface area contributed by atoms with E-state index in [1.165, 1.54) is 37.5 Å². The molecule has 96 valence electrons. The lowest BCUT2D eigenvalue weighted by atomic mass is 10.00. The summed E-state index contributed by atoms with van der Waals surface area (Å²) in [4.78, 5) is 23.6. The third-order valence-electron chi connectivity index (χ3n) is 2.26. The van der Waals surface area contributed by atoms with Crippen molar-refractivity contribution in [3.05, 3.63) is 47.3 Å². The molecule has 0 atom stereocenters. The van der Waals surface area contributed by atoms with Crippen LogP contribution in [0.15, 0.2) is 35.9 Å². The van der Waals surface area contributed by atoms with Gasteiger partial charge in [-0.3, -0.25) is 4.79 Å². The number of rotatable bonds is 4. The number of benzene rings is 1. The zero-order valence-electron chi connectivity index (χ0n) is 10.6. The topological polar surface area (TPSA) is 43.4 Å². The van der Waals surface area contributed by atoms with E-state index < -0.39 is 17.6 Å². The second-order valence-electron chi connectivity index (χ2n) is 4.15. The van der Waals surface area contributed by atoms with Gasteiger partial charge >= 0.3 is 5.97 Å². The normalized spacial score (nSPS) is 11.5. The quantitative estimate of drug-likeness (QED) is 0.271. The molecule has 0 spiro atoms. The lowest BCUT2D eigenvalue weighted by Gasteiger charge is -2.06. The van der Waals surface area contributed by atoms with Gasteiger partial charge in [0.25, 0.3) is 0 Å². The number of methoxy groups -OCH3 is 1. The molecular weight excluding hydrogens is 235 g/mol. The van der Waals surface area contributed by atoms with Crippen LogP contribution in [0.3, 0.4) is 0 Å². The average Bonchev–Trinajstić information content (AvgIpc) is 2.35. The van der Waals surface area contributed by atoms with E-state index in [0.29, 0.717) is 0 Å². The molecule has 0 heterocycles. The smallest absolute Gasteiger partial charge is 0.341 e. The number of hydrogen-bond acceptors (Lipinski definition) is 3. The number of carbonyl (C=O) groups is 2. The maximum absolute atomic E-state index is 12.8. The minimum atomic E-state index is -0.682. The monoisotopic (exact) mass is 250 g/mol. The SMILES string of the molecule is COC(=O)/C(=C/C(C)C)C(=O)c1ccc(F)cc1. The molecule has 4 heteroatoms. The first-order valence-corrected chi connectivity index (χ1v) is 5.56. The van der Waals surface area contributed by atoms with Crippen molar-refractivity contribution in [3.8, 4) is 0 Å². The molecule has 18 heavy (non-hydrogen) atoms. The van der Waals surface area contributed by atoms with Crippen molar-refractivity contribution in [2.75, 3.05) is 7.11 Å². The second-order valence-corrected chi connectivity index (χ2v) is 4.15. The molecule has 0 aliphatic carbocycles. The Bertz CT molecular complexity index is 472. The molecule has 0 aliphatic rings. The van der Waals surface area contributed by atoms with Gasteiger partial charge in [0.2, 0.25) is 0 Å². The van der Waals surface area contributed by atoms with Crippen LogP contribution >= 0.6 is 0 Å². The fourth-order valence-electron chi connectivity index (χ4n) is 1.44. The summed E-state index contributed by atoms with van der Waals surface area (Å²) < 4.78 is 17.3. The van der Waals surface area contributed by atoms with Crippen LogP contribution in [0, 0.1) is 11.7 Å². The van der Waals surface area contributed by atoms with Gasteiger partial charge in [-0.2, -0.15) is 0 Å². The summed E-state index contributed by atoms with van der Waals surface area (Å²) in [5.74, 6) is -1.55. The molecule has 0 fully saturated rings. The van der Waals surface area contributed by atoms with Crippen LogP contribution in [-0.2, 0) is 9.53 Å². The highest BCUT2D eigenvalue weighted by Gasteiger charge is 2.20. The summed E-state index contributed by atoms with van der Waals surface area (Å²) in [5, 5.41) is 0. The fraction of sp³-hybridized carbons (Fsp3) is 0.286. The minimum Gasteiger partial charge on any atom is -0.465 e. The van der Waals surface area contributed by atoms with E-state index in [9.17, 15) is 14.0 Å². The first-order valence-electron chi connectivity index (χ1n) is 5.56. The molecule has 0 unspecified atom stereocenters. The van der Waals surface area contributed by atoms with Crippen molar-refractivity contribution in [3.63, 3.8) is 0 Å². The van der Waals surface area contributed by atoms with E-state index in [1.807, 2.05) is 13.8 Å². The fourth-order valence-corrected chi connectivity index (χ4v) is 1.44. The van der Waals surface area contributed by atoms with Crippen LogP contribution in [0.5, 0.6) is 0 Å². The molecule has 0 saturated carbocycles. The number of ether oxygens (including phenoxy) is 1. The molecule has 1 aromatic rings. The Labute approximate surface area is 105 Å². The van der Waals surface area contributed by atoms with Gasteiger partial charge in [0.15, 0.2) is 5.78 Å². The predicted octanol–water partition coefficient (Wildman–Crippen LogP) is 2.76. The number of ketones is 1. The Hall–Kier alpha value is -1.97. The van der Waals surface area contributed by atoms with Crippen LogP contribution in [-0.4, -0.2) is 18.9 Å². The predicted molar refractivity (Wildman–Crippen MR) is 65.7 cm³/mol. The highest BCUT2D eigenvalue weighted by atomic mass is 19.1. The van der Waals surface area contributed by atoms with E-state index in [1.54, 1.807) is 0 Å². The van der Waals surface area contributed by atoms with Gasteiger partial charge in [-0.25, -0.2) is 9.18 Å². The third-order valence-corrected chi connectivity index (χ3v) is 2.26. The highest BCUT2D eigenvalue weighted by molar-refractivity contribution is 6.24. The van der Waals surface area contributed by atoms with Crippen molar-refractivity contribution in [1.82, 2.24) is 0 Å². The summed E-state index contributed by atoms with van der Waals surface area (Å²) in [6.45, 7) is 3.70. The lowest BCUT2D eigenvalue weighted by molar-refractivity contribution is -0.135. The summed E-state index contributed by atoms with van der Waals surface area (Å²) in [6, 6.07) is 5.04. The van der Waals surface area contributed by atoms with E-state index in [0.717, 1.165) is 0 Å². The number of allylic oxidation sites excluding steroid dienone is 1. The molecule has 0 N–H and O–H groups in total. The molecule has 0 saturated heterocycles. The lowest BCUT2D eigenvalue weighted by Crippen LogP contribution is -2.15. The Morgan fingerprint density at radius 2 is 1.78 bits per heavy atom. The van der Waals surface area contributed by atoms with E-state index >= 15 is 0 Å². The van der Waals surface area contributed by atoms with Crippen molar-refractivity contribution < 1.29 is 18.7 Å². The van der Waals surface area contributed by atoms with Gasteiger partial charge < -0.3 is 4.74 Å². The van der Waals surface area contributed by atoms with E-state index in [4.69, 9.17) is 0 Å². The van der Waals surface area contributed by atoms with Crippen LogP contribution in [0.1, 0.15) is 24.2 Å². The molecule has 3 nitrogen and oxygen atoms in total. The average molecular weight is 250 g/mol. The summed E-state index contributed by atoms with van der Waals surface area (Å²) in [5.41, 5.74) is 0.229. The molecule has 0 aromatic heterocycles. The Kier molecular flexibility index (Phi) is 4.77. The summed E-state index contributed by atoms with van der Waals surface area (Å²) in [7, 11) is 1.22. The third kappa shape index (κ3) is 3.52. The minimum absolute atomic E-state index is 0.0286. The van der Waals surface area contributed by atoms with Gasteiger partial charge in [-0.15, -0.1) is 0 Å². The van der Waals surface area contributed by atoms with Crippen molar-refractivity contribution in [2.24, 2.45) is 5.92 Å². The van der Waals surface area contributed by atoms with Gasteiger partial charge in [-0.1, -0.05) is 19.9 Å². The maximum atomic E-state index is 12.8. The zero-order chi connectivity index (χ0) is 13.7. The number of hydrogen-bond donors (Lipinski definition) is 0. The van der Waals surface area contributed by atoms with Gasteiger partial charge in [-0.05, 0) is 30.2 Å². The molecule has 0 amide bonds. The summed E-state index contributed by atoms with van der Waals surface area (Å²) >= 11 is 0. The Balaban J connectivity index is 3.11. The number of carbonyl (C=O) groups excluding carboxylic acids is 2. The van der Waals surface area contributed by atoms with E-state index in [2.05, 4.69) is 4.74 Å². The maximum Gasteiger partial charge on any atom is 0.341 e. The highest BCUT2D eigenvalue weighted by Crippen LogP contribution is 2.13. The molecule has 0 aliphatic heterocycles. The van der Waals surface area contributed by atoms with Crippen LogP contribution < -0.4 is 0 Å². The van der Waals surface area contributed by atoms with Crippen molar-refractivity contribution in [2.45, 2.75) is 13.8 Å². The van der Waals surface area contributed by atoms with Crippen LogP contribution in [0.4, 0.5) is 4.39 Å².